The number of carbonyl (C=O) groups is 2. The number of thioether (sulfide) groups is 1. The number of hydrogen-bond donors (Lipinski definition) is 2. The molecule has 2 amide bonds. The van der Waals surface area contributed by atoms with E-state index < -0.39 is 0 Å². The van der Waals surface area contributed by atoms with Crippen molar-refractivity contribution in [3.8, 4) is 0 Å². The molecule has 0 aliphatic rings. The van der Waals surface area contributed by atoms with Crippen LogP contribution in [0.15, 0.2) is 71.1 Å². The summed E-state index contributed by atoms with van der Waals surface area (Å²) in [5, 5.41) is 5.68. The molecule has 4 aromatic rings. The summed E-state index contributed by atoms with van der Waals surface area (Å²) in [5.74, 6) is -0.547. The summed E-state index contributed by atoms with van der Waals surface area (Å²) in [5.41, 5.74) is 3.70. The lowest BCUT2D eigenvalue weighted by atomic mass is 10.2. The van der Waals surface area contributed by atoms with Gasteiger partial charge >= 0.3 is 0 Å². The number of anilines is 2. The Bertz CT molecular complexity index is 1240. The quantitative estimate of drug-likeness (QED) is 0.368. The molecule has 0 saturated carbocycles. The normalized spacial score (nSPS) is 10.8. The Labute approximate surface area is 186 Å². The molecular weight excluding hydrogens is 433 g/mol. The minimum atomic E-state index is -0.389. The Morgan fingerprint density at radius 2 is 1.68 bits per heavy atom. The van der Waals surface area contributed by atoms with Crippen molar-refractivity contribution in [2.45, 2.75) is 11.3 Å². The molecule has 0 unspecified atom stereocenters. The van der Waals surface area contributed by atoms with Gasteiger partial charge in [-0.2, -0.15) is 0 Å². The van der Waals surface area contributed by atoms with Crippen molar-refractivity contribution in [3.63, 3.8) is 0 Å². The summed E-state index contributed by atoms with van der Waals surface area (Å²) in [6.07, 6.45) is 0. The molecule has 0 fully saturated rings. The monoisotopic (exact) mass is 451 g/mol. The molecule has 1 heterocycles. The first kappa shape index (κ1) is 21.0. The number of nitrogens with zero attached hydrogens (tertiary/aromatic N) is 1. The zero-order valence-corrected chi connectivity index (χ0v) is 18.1. The van der Waals surface area contributed by atoms with Crippen LogP contribution in [0.25, 0.3) is 10.2 Å². The van der Waals surface area contributed by atoms with Crippen LogP contribution in [0.2, 0.25) is 0 Å². The van der Waals surface area contributed by atoms with Crippen LogP contribution in [-0.4, -0.2) is 22.6 Å². The van der Waals surface area contributed by atoms with Crippen LogP contribution < -0.4 is 10.6 Å². The highest BCUT2D eigenvalue weighted by molar-refractivity contribution is 8.01. The van der Waals surface area contributed by atoms with Crippen molar-refractivity contribution >= 4 is 56.5 Å². The third kappa shape index (κ3) is 5.48. The SMILES string of the molecule is Cc1ccc(NC(=O)CSc2nc3ccc(NC(=O)c4ccc(F)cc4)cc3s2)cc1. The number of fused-ring (bicyclic) bond motifs is 1. The predicted molar refractivity (Wildman–Crippen MR) is 125 cm³/mol. The number of rotatable bonds is 6. The van der Waals surface area contributed by atoms with E-state index in [1.54, 1.807) is 6.07 Å². The largest absolute Gasteiger partial charge is 0.325 e. The van der Waals surface area contributed by atoms with E-state index in [2.05, 4.69) is 15.6 Å². The highest BCUT2D eigenvalue weighted by Gasteiger charge is 2.11. The molecule has 0 spiro atoms. The molecule has 2 N–H and O–H groups in total. The Hall–Kier alpha value is -3.23. The second-order valence-corrected chi connectivity index (χ2v) is 9.08. The van der Waals surface area contributed by atoms with Crippen LogP contribution in [-0.2, 0) is 4.79 Å². The van der Waals surface area contributed by atoms with E-state index in [1.165, 1.54) is 47.4 Å². The number of carbonyl (C=O) groups excluding carboxylic acids is 2. The van der Waals surface area contributed by atoms with Crippen LogP contribution in [0, 0.1) is 12.7 Å². The van der Waals surface area contributed by atoms with Gasteiger partial charge in [-0.25, -0.2) is 9.37 Å². The smallest absolute Gasteiger partial charge is 0.255 e. The highest BCUT2D eigenvalue weighted by atomic mass is 32.2. The number of hydrogen-bond acceptors (Lipinski definition) is 5. The average molecular weight is 452 g/mol. The summed E-state index contributed by atoms with van der Waals surface area (Å²) in [6.45, 7) is 1.99. The van der Waals surface area contributed by atoms with Gasteiger partial charge in [0, 0.05) is 16.9 Å². The Morgan fingerprint density at radius 3 is 2.42 bits per heavy atom. The van der Waals surface area contributed by atoms with Crippen molar-refractivity contribution < 1.29 is 14.0 Å². The first-order chi connectivity index (χ1) is 15.0. The van der Waals surface area contributed by atoms with Gasteiger partial charge in [-0.15, -0.1) is 11.3 Å². The maximum atomic E-state index is 13.0. The fraction of sp³-hybridized carbons (Fsp3) is 0.0870. The number of halogens is 1. The zero-order valence-electron chi connectivity index (χ0n) is 16.5. The molecular formula is C23H18FN3O2S2. The summed E-state index contributed by atoms with van der Waals surface area (Å²) in [7, 11) is 0. The van der Waals surface area contributed by atoms with E-state index in [9.17, 15) is 14.0 Å². The third-order valence-corrected chi connectivity index (χ3v) is 6.56. The number of thiazole rings is 1. The van der Waals surface area contributed by atoms with Gasteiger partial charge in [0.15, 0.2) is 4.34 Å². The van der Waals surface area contributed by atoms with E-state index >= 15 is 0 Å². The maximum absolute atomic E-state index is 13.0. The molecule has 31 heavy (non-hydrogen) atoms. The van der Waals surface area contributed by atoms with Gasteiger partial charge in [0.25, 0.3) is 5.91 Å². The summed E-state index contributed by atoms with van der Waals surface area (Å²) in [4.78, 5) is 29.0. The number of aromatic nitrogens is 1. The van der Waals surface area contributed by atoms with Crippen LogP contribution in [0.3, 0.4) is 0 Å². The Morgan fingerprint density at radius 1 is 0.968 bits per heavy atom. The van der Waals surface area contributed by atoms with Crippen molar-refractivity contribution in [2.24, 2.45) is 0 Å². The lowest BCUT2D eigenvalue weighted by Crippen LogP contribution is -2.13. The maximum Gasteiger partial charge on any atom is 0.255 e. The molecule has 4 rings (SSSR count). The highest BCUT2D eigenvalue weighted by Crippen LogP contribution is 2.31. The molecule has 5 nitrogen and oxygen atoms in total. The first-order valence-electron chi connectivity index (χ1n) is 9.43. The van der Waals surface area contributed by atoms with Gasteiger partial charge in [0.05, 0.1) is 16.0 Å². The molecule has 156 valence electrons. The number of amides is 2. The Balaban J connectivity index is 1.38. The van der Waals surface area contributed by atoms with Crippen LogP contribution in [0.5, 0.6) is 0 Å². The van der Waals surface area contributed by atoms with Crippen LogP contribution in [0.4, 0.5) is 15.8 Å². The first-order valence-corrected chi connectivity index (χ1v) is 11.2. The van der Waals surface area contributed by atoms with E-state index in [0.29, 0.717) is 11.3 Å². The standard InChI is InChI=1S/C23H18FN3O2S2/c1-14-2-8-17(9-3-14)25-21(28)13-30-23-27-19-11-10-18(12-20(19)31-23)26-22(29)15-4-6-16(24)7-5-15/h2-12H,13H2,1H3,(H,25,28)(H,26,29). The second-order valence-electron chi connectivity index (χ2n) is 6.83. The molecule has 0 bridgehead atoms. The molecule has 1 aromatic heterocycles. The minimum absolute atomic E-state index is 0.0969. The molecule has 0 radical (unpaired) electrons. The predicted octanol–water partition coefficient (Wildman–Crippen LogP) is 5.73. The third-order valence-electron chi connectivity index (χ3n) is 4.40. The van der Waals surface area contributed by atoms with Crippen molar-refractivity contribution in [3.05, 3.63) is 83.7 Å². The average Bonchev–Trinajstić information content (AvgIpc) is 3.16. The van der Waals surface area contributed by atoms with Gasteiger partial charge in [-0.1, -0.05) is 29.5 Å². The molecule has 8 heteroatoms. The minimum Gasteiger partial charge on any atom is -0.325 e. The van der Waals surface area contributed by atoms with Gasteiger partial charge in [-0.05, 0) is 61.5 Å². The van der Waals surface area contributed by atoms with Gasteiger partial charge in [-0.3, -0.25) is 9.59 Å². The van der Waals surface area contributed by atoms with E-state index in [-0.39, 0.29) is 23.4 Å². The molecule has 3 aromatic carbocycles. The summed E-state index contributed by atoms with van der Waals surface area (Å²) < 4.78 is 14.7. The molecule has 0 aliphatic heterocycles. The second kappa shape index (κ2) is 9.28. The van der Waals surface area contributed by atoms with E-state index in [1.807, 2.05) is 43.3 Å². The van der Waals surface area contributed by atoms with Gasteiger partial charge < -0.3 is 10.6 Å². The topological polar surface area (TPSA) is 71.1 Å². The lowest BCUT2D eigenvalue weighted by Gasteiger charge is -2.05. The number of aryl methyl sites for hydroxylation is 1. The molecule has 0 aliphatic carbocycles. The number of nitrogens with one attached hydrogen (secondary N) is 2. The van der Waals surface area contributed by atoms with Gasteiger partial charge in [0.1, 0.15) is 5.82 Å². The van der Waals surface area contributed by atoms with Crippen molar-refractivity contribution in [1.29, 1.82) is 0 Å². The lowest BCUT2D eigenvalue weighted by molar-refractivity contribution is -0.113. The zero-order chi connectivity index (χ0) is 21.8. The number of benzene rings is 3. The van der Waals surface area contributed by atoms with E-state index in [0.717, 1.165) is 25.8 Å². The van der Waals surface area contributed by atoms with Crippen molar-refractivity contribution in [1.82, 2.24) is 4.98 Å². The van der Waals surface area contributed by atoms with Gasteiger partial charge in [0.2, 0.25) is 5.91 Å². The molecule has 0 saturated heterocycles. The Kier molecular flexibility index (Phi) is 6.29. The fourth-order valence-corrected chi connectivity index (χ4v) is 4.72. The summed E-state index contributed by atoms with van der Waals surface area (Å²) in [6, 6.07) is 18.4. The summed E-state index contributed by atoms with van der Waals surface area (Å²) >= 11 is 2.82. The van der Waals surface area contributed by atoms with E-state index in [4.69, 9.17) is 0 Å². The molecule has 0 atom stereocenters. The van der Waals surface area contributed by atoms with Crippen LogP contribution >= 0.6 is 23.1 Å². The van der Waals surface area contributed by atoms with Crippen LogP contribution in [0.1, 0.15) is 15.9 Å². The fourth-order valence-electron chi connectivity index (χ4n) is 2.81. The van der Waals surface area contributed by atoms with Crippen molar-refractivity contribution in [2.75, 3.05) is 16.4 Å².